The summed E-state index contributed by atoms with van der Waals surface area (Å²) in [5.74, 6) is -0.454. The van der Waals surface area contributed by atoms with Crippen molar-refractivity contribution in [1.82, 2.24) is 29.4 Å². The van der Waals surface area contributed by atoms with Crippen LogP contribution < -0.4 is 0 Å². The third kappa shape index (κ3) is 4.03. The minimum Gasteiger partial charge on any atom is -0.335 e. The van der Waals surface area contributed by atoms with Gasteiger partial charge in [0.2, 0.25) is 0 Å². The molecule has 7 nitrogen and oxygen atoms in total. The highest BCUT2D eigenvalue weighted by atomic mass is 79.9. The summed E-state index contributed by atoms with van der Waals surface area (Å²) in [5, 5.41) is 7.78. The van der Waals surface area contributed by atoms with Crippen molar-refractivity contribution in [1.29, 1.82) is 0 Å². The van der Waals surface area contributed by atoms with Crippen LogP contribution in [0.1, 0.15) is 27.4 Å². The minimum atomic E-state index is -4.62. The Morgan fingerprint density at radius 3 is 2.30 bits per heavy atom. The predicted octanol–water partition coefficient (Wildman–Crippen LogP) is 2.20. The van der Waals surface area contributed by atoms with Crippen molar-refractivity contribution < 1.29 is 18.0 Å². The van der Waals surface area contributed by atoms with Gasteiger partial charge in [0.05, 0.1) is 10.2 Å². The van der Waals surface area contributed by atoms with E-state index in [0.717, 1.165) is 22.5 Å². The Hall–Kier alpha value is -1.88. The third-order valence-corrected chi connectivity index (χ3v) is 5.38. The minimum absolute atomic E-state index is 0.0844. The molecule has 0 radical (unpaired) electrons. The molecular formula is C16H20BrF3N6O. The predicted molar refractivity (Wildman–Crippen MR) is 95.0 cm³/mol. The van der Waals surface area contributed by atoms with Crippen LogP contribution in [0.15, 0.2) is 10.7 Å². The number of halogens is 4. The first-order valence-electron chi connectivity index (χ1n) is 8.38. The van der Waals surface area contributed by atoms with Crippen molar-refractivity contribution in [3.05, 3.63) is 33.3 Å². The number of rotatable bonds is 3. The quantitative estimate of drug-likeness (QED) is 0.721. The maximum Gasteiger partial charge on any atom is 0.436 e. The van der Waals surface area contributed by atoms with E-state index in [1.807, 2.05) is 20.2 Å². The average Bonchev–Trinajstić information content (AvgIpc) is 3.05. The van der Waals surface area contributed by atoms with E-state index in [1.54, 1.807) is 9.58 Å². The maximum atomic E-state index is 13.0. The fourth-order valence-electron chi connectivity index (χ4n) is 3.22. The van der Waals surface area contributed by atoms with Crippen molar-refractivity contribution in [3.63, 3.8) is 0 Å². The Labute approximate surface area is 162 Å². The molecule has 3 rings (SSSR count). The van der Waals surface area contributed by atoms with Gasteiger partial charge in [-0.3, -0.25) is 19.1 Å². The van der Waals surface area contributed by atoms with Crippen molar-refractivity contribution in [2.75, 3.05) is 26.2 Å². The summed E-state index contributed by atoms with van der Waals surface area (Å²) in [6.45, 7) is 4.85. The summed E-state index contributed by atoms with van der Waals surface area (Å²) in [7, 11) is 3.21. The molecule has 0 N–H and O–H groups in total. The van der Waals surface area contributed by atoms with Crippen molar-refractivity contribution in [2.24, 2.45) is 14.1 Å². The van der Waals surface area contributed by atoms with Crippen molar-refractivity contribution in [3.8, 4) is 0 Å². The molecule has 2 aromatic rings. The second-order valence-electron chi connectivity index (χ2n) is 6.61. The first kappa shape index (κ1) is 19.9. The second kappa shape index (κ2) is 7.27. The summed E-state index contributed by atoms with van der Waals surface area (Å²) in [5.41, 5.74) is 0.925. The van der Waals surface area contributed by atoms with Crippen LogP contribution >= 0.6 is 15.9 Å². The largest absolute Gasteiger partial charge is 0.436 e. The molecule has 0 aliphatic carbocycles. The standard InChI is InChI=1S/C16H20BrF3N6O/c1-10-11(8-23(2)21-10)9-25-4-6-26(7-5-25)15(27)13-12(17)14(16(18,19)20)22-24(13)3/h8H,4-7,9H2,1-3H3. The molecule has 0 saturated carbocycles. The van der Waals surface area contributed by atoms with Gasteiger partial charge in [-0.2, -0.15) is 23.4 Å². The molecule has 1 saturated heterocycles. The molecule has 148 valence electrons. The van der Waals surface area contributed by atoms with Crippen LogP contribution in [0.4, 0.5) is 13.2 Å². The Balaban J connectivity index is 1.67. The molecule has 0 unspecified atom stereocenters. The van der Waals surface area contributed by atoms with E-state index >= 15 is 0 Å². The van der Waals surface area contributed by atoms with Gasteiger partial charge >= 0.3 is 6.18 Å². The zero-order valence-electron chi connectivity index (χ0n) is 15.2. The molecule has 0 aromatic carbocycles. The molecule has 1 aliphatic heterocycles. The molecule has 11 heteroatoms. The number of piperazine rings is 1. The number of alkyl halides is 3. The number of aryl methyl sites for hydroxylation is 3. The fourth-order valence-corrected chi connectivity index (χ4v) is 3.95. The van der Waals surface area contributed by atoms with Crippen LogP contribution in [-0.4, -0.2) is 61.4 Å². The lowest BCUT2D eigenvalue weighted by Crippen LogP contribution is -2.48. The summed E-state index contributed by atoms with van der Waals surface area (Å²) < 4.78 is 41.4. The molecule has 1 amide bonds. The highest BCUT2D eigenvalue weighted by molar-refractivity contribution is 9.10. The van der Waals surface area contributed by atoms with E-state index in [9.17, 15) is 18.0 Å². The number of aromatic nitrogens is 4. The third-order valence-electron chi connectivity index (χ3n) is 4.63. The number of hydrogen-bond acceptors (Lipinski definition) is 4. The number of carbonyl (C=O) groups excluding carboxylic acids is 1. The summed E-state index contributed by atoms with van der Waals surface area (Å²) in [4.78, 5) is 16.5. The van der Waals surface area contributed by atoms with Crippen molar-refractivity contribution in [2.45, 2.75) is 19.6 Å². The van der Waals surface area contributed by atoms with Gasteiger partial charge in [0, 0.05) is 58.6 Å². The molecule has 0 bridgehead atoms. The monoisotopic (exact) mass is 448 g/mol. The fraction of sp³-hybridized carbons (Fsp3) is 0.562. The van der Waals surface area contributed by atoms with Gasteiger partial charge in [0.15, 0.2) is 5.69 Å². The smallest absolute Gasteiger partial charge is 0.335 e. The van der Waals surface area contributed by atoms with E-state index in [4.69, 9.17) is 0 Å². The molecule has 3 heterocycles. The summed E-state index contributed by atoms with van der Waals surface area (Å²) in [6.07, 6.45) is -2.65. The Kier molecular flexibility index (Phi) is 5.35. The van der Waals surface area contributed by atoms with E-state index in [0.29, 0.717) is 26.2 Å². The van der Waals surface area contributed by atoms with Gasteiger partial charge in [-0.15, -0.1) is 0 Å². The number of carbonyl (C=O) groups is 1. The number of amides is 1. The topological polar surface area (TPSA) is 59.2 Å². The molecular weight excluding hydrogens is 429 g/mol. The van der Waals surface area contributed by atoms with Crippen molar-refractivity contribution >= 4 is 21.8 Å². The molecule has 1 aliphatic rings. The number of nitrogens with zero attached hydrogens (tertiary/aromatic N) is 6. The van der Waals surface area contributed by atoms with Gasteiger partial charge in [-0.05, 0) is 22.9 Å². The Morgan fingerprint density at radius 2 is 1.81 bits per heavy atom. The zero-order valence-corrected chi connectivity index (χ0v) is 16.8. The highest BCUT2D eigenvalue weighted by Gasteiger charge is 2.40. The van der Waals surface area contributed by atoms with Crippen LogP contribution in [0.2, 0.25) is 0 Å². The first-order valence-corrected chi connectivity index (χ1v) is 9.17. The van der Waals surface area contributed by atoms with Crippen LogP contribution in [0.25, 0.3) is 0 Å². The van der Waals surface area contributed by atoms with Crippen LogP contribution in [0, 0.1) is 6.92 Å². The van der Waals surface area contributed by atoms with E-state index in [2.05, 4.69) is 31.0 Å². The zero-order chi connectivity index (χ0) is 19.9. The normalized spacial score (nSPS) is 16.2. The van der Waals surface area contributed by atoms with Gasteiger partial charge < -0.3 is 4.90 Å². The Bertz CT molecular complexity index is 851. The molecule has 1 fully saturated rings. The van der Waals surface area contributed by atoms with E-state index < -0.39 is 17.8 Å². The van der Waals surface area contributed by atoms with Gasteiger partial charge in [-0.25, -0.2) is 0 Å². The van der Waals surface area contributed by atoms with E-state index in [-0.39, 0.29) is 10.2 Å². The summed E-state index contributed by atoms with van der Waals surface area (Å²) >= 11 is 2.90. The highest BCUT2D eigenvalue weighted by Crippen LogP contribution is 2.36. The molecule has 2 aromatic heterocycles. The summed E-state index contributed by atoms with van der Waals surface area (Å²) in [6, 6.07) is 0. The molecule has 27 heavy (non-hydrogen) atoms. The SMILES string of the molecule is Cc1nn(C)cc1CN1CCN(C(=O)c2c(Br)c(C(F)(F)F)nn2C)CC1. The van der Waals surface area contributed by atoms with E-state index in [1.165, 1.54) is 7.05 Å². The average molecular weight is 449 g/mol. The lowest BCUT2D eigenvalue weighted by molar-refractivity contribution is -0.142. The molecule has 0 atom stereocenters. The van der Waals surface area contributed by atoms with Gasteiger partial charge in [0.1, 0.15) is 5.69 Å². The van der Waals surface area contributed by atoms with Crippen LogP contribution in [0.5, 0.6) is 0 Å². The lowest BCUT2D eigenvalue weighted by Gasteiger charge is -2.34. The van der Waals surface area contributed by atoms with Crippen LogP contribution in [0.3, 0.4) is 0 Å². The van der Waals surface area contributed by atoms with Gasteiger partial charge in [-0.1, -0.05) is 0 Å². The lowest BCUT2D eigenvalue weighted by atomic mass is 10.2. The van der Waals surface area contributed by atoms with Gasteiger partial charge in [0.25, 0.3) is 5.91 Å². The molecule has 0 spiro atoms. The maximum absolute atomic E-state index is 13.0. The first-order chi connectivity index (χ1) is 12.6. The number of hydrogen-bond donors (Lipinski definition) is 0. The second-order valence-corrected chi connectivity index (χ2v) is 7.41. The van der Waals surface area contributed by atoms with Crippen LogP contribution in [-0.2, 0) is 26.8 Å². The Morgan fingerprint density at radius 1 is 1.19 bits per heavy atom.